The molecule has 0 aliphatic rings. The van der Waals surface area contributed by atoms with Crippen LogP contribution in [0.1, 0.15) is 6.92 Å². The zero-order valence-corrected chi connectivity index (χ0v) is 5.03. The van der Waals surface area contributed by atoms with Crippen LogP contribution in [0.3, 0.4) is 0 Å². The molecule has 3 heteroatoms. The van der Waals surface area contributed by atoms with Gasteiger partial charge in [0.2, 0.25) is 0 Å². The molecule has 0 saturated heterocycles. The first-order chi connectivity index (χ1) is 3.27. The summed E-state index contributed by atoms with van der Waals surface area (Å²) in [5.74, 6) is 0. The largest absolute Gasteiger partial charge is 0.273 e. The first-order valence-electron chi connectivity index (χ1n) is 1.81. The second-order valence-electron chi connectivity index (χ2n) is 1.11. The van der Waals surface area contributed by atoms with E-state index in [0.717, 1.165) is 17.6 Å². The Labute approximate surface area is 47.6 Å². The van der Waals surface area contributed by atoms with Crippen molar-refractivity contribution < 1.29 is 0 Å². The highest BCUT2D eigenvalue weighted by Crippen LogP contribution is 1.87. The molecule has 2 nitrogen and oxygen atoms in total. The van der Waals surface area contributed by atoms with E-state index in [1.807, 2.05) is 6.92 Å². The van der Waals surface area contributed by atoms with E-state index in [9.17, 15) is 0 Å². The molecule has 0 amide bonds. The van der Waals surface area contributed by atoms with Gasteiger partial charge in [-0.05, 0) is 18.9 Å². The van der Waals surface area contributed by atoms with Gasteiger partial charge < -0.3 is 0 Å². The van der Waals surface area contributed by atoms with Gasteiger partial charge in [-0.1, -0.05) is 6.58 Å². The molecule has 0 atom stereocenters. The van der Waals surface area contributed by atoms with Gasteiger partial charge in [0.05, 0.1) is 5.55 Å². The third-order valence-electron chi connectivity index (χ3n) is 0.334. The Morgan fingerprint density at radius 1 is 2.00 bits per heavy atom. The molecule has 0 aromatic carbocycles. The van der Waals surface area contributed by atoms with Crippen molar-refractivity contribution in [1.82, 2.24) is 0 Å². The van der Waals surface area contributed by atoms with Crippen LogP contribution in [-0.4, -0.2) is 5.55 Å². The fourth-order valence-electron chi connectivity index (χ4n) is 0.120. The predicted octanol–water partition coefficient (Wildman–Crippen LogP) is 1.16. The SMILES string of the molecule is C=C(C)/N=C\SN. The second kappa shape index (κ2) is 3.89. The molecule has 0 bridgehead atoms. The lowest BCUT2D eigenvalue weighted by molar-refractivity contribution is 1.35. The Morgan fingerprint density at radius 2 is 2.57 bits per heavy atom. The van der Waals surface area contributed by atoms with Crippen molar-refractivity contribution in [1.29, 1.82) is 0 Å². The maximum Gasteiger partial charge on any atom is 0.0750 e. The maximum absolute atomic E-state index is 5.00. The molecule has 0 fully saturated rings. The van der Waals surface area contributed by atoms with E-state index in [1.165, 1.54) is 0 Å². The molecule has 0 aromatic heterocycles. The van der Waals surface area contributed by atoms with E-state index in [1.54, 1.807) is 5.55 Å². The maximum atomic E-state index is 5.00. The van der Waals surface area contributed by atoms with Gasteiger partial charge in [0.15, 0.2) is 0 Å². The Morgan fingerprint density at radius 3 is 2.71 bits per heavy atom. The van der Waals surface area contributed by atoms with Crippen molar-refractivity contribution >= 4 is 17.5 Å². The van der Waals surface area contributed by atoms with Crippen LogP contribution in [0.2, 0.25) is 0 Å². The summed E-state index contributed by atoms with van der Waals surface area (Å²) in [4.78, 5) is 3.76. The molecule has 7 heavy (non-hydrogen) atoms. The molecule has 0 heterocycles. The highest BCUT2D eigenvalue weighted by atomic mass is 32.2. The van der Waals surface area contributed by atoms with Gasteiger partial charge in [0, 0.05) is 5.70 Å². The van der Waals surface area contributed by atoms with Gasteiger partial charge in [0.25, 0.3) is 0 Å². The zero-order chi connectivity index (χ0) is 5.70. The number of nitrogens with two attached hydrogens (primary N) is 1. The fourth-order valence-corrected chi connectivity index (χ4v) is 0.361. The third-order valence-corrected chi connectivity index (χ3v) is 0.561. The standard InChI is InChI=1S/C4H8N2S/c1-4(2)6-3-7-5/h3H,1,5H2,2H3/b6-3-. The molecule has 0 aliphatic heterocycles. The number of rotatable bonds is 2. The molecule has 0 saturated carbocycles. The molecule has 0 rings (SSSR count). The lowest BCUT2D eigenvalue weighted by Crippen LogP contribution is -1.75. The van der Waals surface area contributed by atoms with Crippen molar-refractivity contribution in [2.45, 2.75) is 6.92 Å². The Kier molecular flexibility index (Phi) is 3.74. The first kappa shape index (κ1) is 6.72. The second-order valence-corrected chi connectivity index (χ2v) is 1.59. The summed E-state index contributed by atoms with van der Waals surface area (Å²) in [6, 6.07) is 0. The third kappa shape index (κ3) is 5.72. The molecule has 0 aromatic rings. The Hall–Kier alpha value is -0.280. The van der Waals surface area contributed by atoms with E-state index >= 15 is 0 Å². The molecular formula is C4H8N2S. The van der Waals surface area contributed by atoms with Crippen LogP contribution >= 0.6 is 11.9 Å². The summed E-state index contributed by atoms with van der Waals surface area (Å²) in [5.41, 5.74) is 2.32. The van der Waals surface area contributed by atoms with E-state index in [4.69, 9.17) is 5.14 Å². The van der Waals surface area contributed by atoms with Crippen LogP contribution in [0.25, 0.3) is 0 Å². The van der Waals surface area contributed by atoms with Gasteiger partial charge in [0.1, 0.15) is 0 Å². The topological polar surface area (TPSA) is 38.4 Å². The minimum absolute atomic E-state index is 0.776. The van der Waals surface area contributed by atoms with Crippen molar-refractivity contribution in [3.05, 3.63) is 12.3 Å². The van der Waals surface area contributed by atoms with Gasteiger partial charge in [-0.25, -0.2) is 0 Å². The quantitative estimate of drug-likeness (QED) is 0.334. The first-order valence-corrected chi connectivity index (χ1v) is 2.75. The fraction of sp³-hybridized carbons (Fsp3) is 0.250. The number of hydrogen-bond donors (Lipinski definition) is 1. The van der Waals surface area contributed by atoms with Crippen LogP contribution in [0, 0.1) is 0 Å². The van der Waals surface area contributed by atoms with Crippen LogP contribution in [0.5, 0.6) is 0 Å². The minimum atomic E-state index is 0.776. The van der Waals surface area contributed by atoms with E-state index in [2.05, 4.69) is 11.6 Å². The van der Waals surface area contributed by atoms with Crippen molar-refractivity contribution in [3.8, 4) is 0 Å². The molecule has 2 N–H and O–H groups in total. The highest BCUT2D eigenvalue weighted by molar-refractivity contribution is 8.10. The smallest absolute Gasteiger partial charge is 0.0750 e. The molecule has 0 aliphatic carbocycles. The lowest BCUT2D eigenvalue weighted by Gasteiger charge is -1.80. The molecular weight excluding hydrogens is 108 g/mol. The summed E-state index contributed by atoms with van der Waals surface area (Å²) in [6.45, 7) is 5.34. The van der Waals surface area contributed by atoms with Gasteiger partial charge in [-0.3, -0.25) is 10.1 Å². The summed E-state index contributed by atoms with van der Waals surface area (Å²) < 4.78 is 0. The highest BCUT2D eigenvalue weighted by Gasteiger charge is 1.68. The summed E-state index contributed by atoms with van der Waals surface area (Å²) >= 11 is 1.08. The summed E-state index contributed by atoms with van der Waals surface area (Å²) in [7, 11) is 0. The van der Waals surface area contributed by atoms with E-state index in [0.29, 0.717) is 0 Å². The lowest BCUT2D eigenvalue weighted by atomic mass is 10.6. The van der Waals surface area contributed by atoms with E-state index in [-0.39, 0.29) is 0 Å². The summed E-state index contributed by atoms with van der Waals surface area (Å²) in [5, 5.41) is 5.00. The van der Waals surface area contributed by atoms with Crippen LogP contribution in [-0.2, 0) is 0 Å². The van der Waals surface area contributed by atoms with E-state index < -0.39 is 0 Å². The molecule has 40 valence electrons. The number of aliphatic imine (C=N–C) groups is 1. The van der Waals surface area contributed by atoms with Gasteiger partial charge in [-0.2, -0.15) is 0 Å². The average molecular weight is 116 g/mol. The predicted molar refractivity (Wildman–Crippen MR) is 35.1 cm³/mol. The van der Waals surface area contributed by atoms with Gasteiger partial charge >= 0.3 is 0 Å². The van der Waals surface area contributed by atoms with Crippen LogP contribution in [0.4, 0.5) is 0 Å². The van der Waals surface area contributed by atoms with Crippen LogP contribution in [0.15, 0.2) is 17.3 Å². The normalized spacial score (nSPS) is 10.0. The zero-order valence-electron chi connectivity index (χ0n) is 4.22. The molecule has 0 unspecified atom stereocenters. The Balaban J connectivity index is 3.26. The minimum Gasteiger partial charge on any atom is -0.273 e. The molecule has 0 radical (unpaired) electrons. The van der Waals surface area contributed by atoms with Crippen LogP contribution < -0.4 is 5.14 Å². The number of hydrogen-bond acceptors (Lipinski definition) is 3. The van der Waals surface area contributed by atoms with Gasteiger partial charge in [-0.15, -0.1) is 0 Å². The summed E-state index contributed by atoms with van der Waals surface area (Å²) in [6.07, 6.45) is 0. The van der Waals surface area contributed by atoms with Crippen molar-refractivity contribution in [2.75, 3.05) is 0 Å². The molecule has 0 spiro atoms. The number of nitrogens with zero attached hydrogens (tertiary/aromatic N) is 1. The number of allylic oxidation sites excluding steroid dienone is 1. The van der Waals surface area contributed by atoms with Crippen molar-refractivity contribution in [3.63, 3.8) is 0 Å². The monoisotopic (exact) mass is 116 g/mol. The Bertz CT molecular complexity index is 87.7. The van der Waals surface area contributed by atoms with Crippen molar-refractivity contribution in [2.24, 2.45) is 10.1 Å². The average Bonchev–Trinajstić information content (AvgIpc) is 1.61.